The van der Waals surface area contributed by atoms with Crippen LogP contribution in [0.5, 0.6) is 0 Å². The zero-order chi connectivity index (χ0) is 8.27. The van der Waals surface area contributed by atoms with Gasteiger partial charge in [0.25, 0.3) is 0 Å². The first-order valence-electron chi connectivity index (χ1n) is 3.07. The van der Waals surface area contributed by atoms with Crippen LogP contribution in [0.15, 0.2) is 18.5 Å². The second-order valence-electron chi connectivity index (χ2n) is 2.04. The Bertz CT molecular complexity index is 290. The molecule has 2 N–H and O–H groups in total. The van der Waals surface area contributed by atoms with Gasteiger partial charge < -0.3 is 5.73 Å². The van der Waals surface area contributed by atoms with E-state index in [0.29, 0.717) is 5.56 Å². The number of terminal acetylenes is 1. The maximum Gasteiger partial charge on any atom is 0.147 e. The number of aromatic nitrogens is 1. The third kappa shape index (κ3) is 1.54. The maximum atomic E-state index is 12.8. The van der Waals surface area contributed by atoms with Gasteiger partial charge in [-0.1, -0.05) is 5.92 Å². The summed E-state index contributed by atoms with van der Waals surface area (Å²) in [6, 6.07) is 0.790. The number of pyridine rings is 1. The van der Waals surface area contributed by atoms with Gasteiger partial charge >= 0.3 is 0 Å². The third-order valence-electron chi connectivity index (χ3n) is 1.32. The molecule has 0 aliphatic rings. The van der Waals surface area contributed by atoms with Crippen molar-refractivity contribution >= 4 is 0 Å². The number of hydrogen-bond donors (Lipinski definition) is 1. The quantitative estimate of drug-likeness (QED) is 0.603. The van der Waals surface area contributed by atoms with Crippen molar-refractivity contribution < 1.29 is 4.39 Å². The Morgan fingerprint density at radius 1 is 1.73 bits per heavy atom. The fraction of sp³-hybridized carbons (Fsp3) is 0.125. The first-order valence-corrected chi connectivity index (χ1v) is 3.07. The average molecular weight is 150 g/mol. The first kappa shape index (κ1) is 7.70. The van der Waals surface area contributed by atoms with Crippen molar-refractivity contribution in [3.05, 3.63) is 29.8 Å². The lowest BCUT2D eigenvalue weighted by Crippen LogP contribution is -2.09. The zero-order valence-corrected chi connectivity index (χ0v) is 5.79. The van der Waals surface area contributed by atoms with Gasteiger partial charge in [-0.3, -0.25) is 4.98 Å². The van der Waals surface area contributed by atoms with Gasteiger partial charge in [-0.2, -0.15) is 0 Å². The van der Waals surface area contributed by atoms with Crippen molar-refractivity contribution in [3.8, 4) is 12.3 Å². The number of nitrogens with zero attached hydrogens (tertiary/aromatic N) is 1. The molecule has 0 aliphatic carbocycles. The van der Waals surface area contributed by atoms with Gasteiger partial charge in [-0.15, -0.1) is 6.42 Å². The highest BCUT2D eigenvalue weighted by molar-refractivity contribution is 5.23. The number of nitrogens with two attached hydrogens (primary N) is 1. The van der Waals surface area contributed by atoms with E-state index in [2.05, 4.69) is 10.9 Å². The Morgan fingerprint density at radius 2 is 2.45 bits per heavy atom. The molecule has 1 unspecified atom stereocenters. The first-order chi connectivity index (χ1) is 5.25. The minimum atomic E-state index is -0.682. The van der Waals surface area contributed by atoms with Gasteiger partial charge in [0.15, 0.2) is 0 Å². The highest BCUT2D eigenvalue weighted by Gasteiger charge is 2.06. The third-order valence-corrected chi connectivity index (χ3v) is 1.32. The molecule has 0 spiro atoms. The topological polar surface area (TPSA) is 38.9 Å². The highest BCUT2D eigenvalue weighted by atomic mass is 19.1. The minimum absolute atomic E-state index is 0.308. The van der Waals surface area contributed by atoms with E-state index in [1.54, 1.807) is 0 Å². The highest BCUT2D eigenvalue weighted by Crippen LogP contribution is 2.11. The normalized spacial score (nSPS) is 12.1. The standard InChI is InChI=1S/C8H7FN2/c1-2-8(10)6-3-4-11-5-7(6)9/h1,3-5,8H,10H2. The predicted octanol–water partition coefficient (Wildman–Crippen LogP) is 0.854. The van der Waals surface area contributed by atoms with Gasteiger partial charge in [0, 0.05) is 11.8 Å². The molecule has 1 aromatic rings. The lowest BCUT2D eigenvalue weighted by Gasteiger charge is -2.03. The summed E-state index contributed by atoms with van der Waals surface area (Å²) >= 11 is 0. The van der Waals surface area contributed by atoms with Crippen molar-refractivity contribution in [3.63, 3.8) is 0 Å². The molecular weight excluding hydrogens is 143 g/mol. The summed E-state index contributed by atoms with van der Waals surface area (Å²) in [6.45, 7) is 0. The summed E-state index contributed by atoms with van der Waals surface area (Å²) in [6.07, 6.45) is 7.55. The van der Waals surface area contributed by atoms with Crippen molar-refractivity contribution in [1.29, 1.82) is 0 Å². The lowest BCUT2D eigenvalue weighted by molar-refractivity contribution is 0.598. The number of hydrogen-bond acceptors (Lipinski definition) is 2. The molecule has 2 nitrogen and oxygen atoms in total. The predicted molar refractivity (Wildman–Crippen MR) is 40.0 cm³/mol. The summed E-state index contributed by atoms with van der Waals surface area (Å²) < 4.78 is 12.8. The van der Waals surface area contributed by atoms with E-state index in [0.717, 1.165) is 6.20 Å². The molecule has 0 radical (unpaired) electrons. The molecule has 1 heterocycles. The summed E-state index contributed by atoms with van der Waals surface area (Å²) in [5, 5.41) is 0. The van der Waals surface area contributed by atoms with Crippen LogP contribution < -0.4 is 5.73 Å². The molecule has 0 fully saturated rings. The van der Waals surface area contributed by atoms with Gasteiger partial charge in [-0.05, 0) is 6.07 Å². The molecule has 1 atom stereocenters. The molecule has 0 saturated carbocycles. The summed E-state index contributed by atoms with van der Waals surface area (Å²) in [4.78, 5) is 3.56. The number of halogens is 1. The van der Waals surface area contributed by atoms with Crippen LogP contribution in [0.1, 0.15) is 11.6 Å². The average Bonchev–Trinajstić information content (AvgIpc) is 2.04. The molecule has 0 aliphatic heterocycles. The summed E-state index contributed by atoms with van der Waals surface area (Å²) in [5.74, 6) is 1.77. The van der Waals surface area contributed by atoms with E-state index < -0.39 is 11.9 Å². The zero-order valence-electron chi connectivity index (χ0n) is 5.79. The second-order valence-corrected chi connectivity index (χ2v) is 2.04. The van der Waals surface area contributed by atoms with Gasteiger partial charge in [0.1, 0.15) is 5.82 Å². The molecule has 0 saturated heterocycles. The van der Waals surface area contributed by atoms with E-state index >= 15 is 0 Å². The monoisotopic (exact) mass is 150 g/mol. The smallest absolute Gasteiger partial charge is 0.147 e. The van der Waals surface area contributed by atoms with Gasteiger partial charge in [0.05, 0.1) is 12.2 Å². The molecule has 1 aromatic heterocycles. The van der Waals surface area contributed by atoms with Crippen molar-refractivity contribution in [2.75, 3.05) is 0 Å². The van der Waals surface area contributed by atoms with E-state index in [9.17, 15) is 4.39 Å². The fourth-order valence-corrected chi connectivity index (χ4v) is 0.728. The number of rotatable bonds is 1. The summed E-state index contributed by atoms with van der Waals surface area (Å²) in [7, 11) is 0. The minimum Gasteiger partial charge on any atom is -0.314 e. The van der Waals surface area contributed by atoms with E-state index in [-0.39, 0.29) is 0 Å². The molecule has 1 rings (SSSR count). The van der Waals surface area contributed by atoms with E-state index in [1.807, 2.05) is 0 Å². The Morgan fingerprint density at radius 3 is 3.00 bits per heavy atom. The van der Waals surface area contributed by atoms with Crippen molar-refractivity contribution in [1.82, 2.24) is 4.98 Å². The van der Waals surface area contributed by atoms with Gasteiger partial charge in [-0.25, -0.2) is 4.39 Å². The lowest BCUT2D eigenvalue weighted by atomic mass is 10.1. The van der Waals surface area contributed by atoms with Crippen LogP contribution in [-0.2, 0) is 0 Å². The largest absolute Gasteiger partial charge is 0.314 e. The molecule has 56 valence electrons. The van der Waals surface area contributed by atoms with Crippen LogP contribution in [0.4, 0.5) is 4.39 Å². The Labute approximate surface area is 64.3 Å². The molecule has 0 amide bonds. The van der Waals surface area contributed by atoms with Gasteiger partial charge in [0.2, 0.25) is 0 Å². The summed E-state index contributed by atoms with van der Waals surface area (Å²) in [5.41, 5.74) is 5.70. The Kier molecular flexibility index (Phi) is 2.19. The van der Waals surface area contributed by atoms with Crippen LogP contribution in [0.3, 0.4) is 0 Å². The Hall–Kier alpha value is -1.40. The van der Waals surface area contributed by atoms with Crippen molar-refractivity contribution in [2.45, 2.75) is 6.04 Å². The maximum absolute atomic E-state index is 12.8. The SMILES string of the molecule is C#CC(N)c1ccncc1F. The molecule has 0 aromatic carbocycles. The van der Waals surface area contributed by atoms with E-state index in [1.165, 1.54) is 12.3 Å². The Balaban J connectivity index is 3.05. The van der Waals surface area contributed by atoms with Crippen LogP contribution in [-0.4, -0.2) is 4.98 Å². The van der Waals surface area contributed by atoms with Crippen LogP contribution in [0, 0.1) is 18.2 Å². The van der Waals surface area contributed by atoms with Crippen LogP contribution in [0.2, 0.25) is 0 Å². The van der Waals surface area contributed by atoms with E-state index in [4.69, 9.17) is 12.2 Å². The molecule has 11 heavy (non-hydrogen) atoms. The van der Waals surface area contributed by atoms with Crippen molar-refractivity contribution in [2.24, 2.45) is 5.73 Å². The molecular formula is C8H7FN2. The van der Waals surface area contributed by atoms with Crippen LogP contribution in [0.25, 0.3) is 0 Å². The van der Waals surface area contributed by atoms with Crippen LogP contribution >= 0.6 is 0 Å². The fourth-order valence-electron chi connectivity index (χ4n) is 0.728. The molecule has 0 bridgehead atoms. The molecule has 3 heteroatoms. The second kappa shape index (κ2) is 3.13.